The maximum Gasteiger partial charge on any atom is 0.186 e. The molecule has 2 aromatic rings. The first-order valence-electron chi connectivity index (χ1n) is 4.41. The molecule has 0 aliphatic carbocycles. The highest BCUT2D eigenvalue weighted by atomic mass is 35.5. The average Bonchev–Trinajstić information content (AvgIpc) is 2.74. The van der Waals surface area contributed by atoms with Crippen molar-refractivity contribution in [1.29, 1.82) is 0 Å². The standard InChI is InChI=1S/C11H8ClNOS/c12-9-3-1-8(2-4-9)5-11(14)10-6-15-7-13-10/h1-4,6-7H,5H2. The fourth-order valence-corrected chi connectivity index (χ4v) is 1.91. The largest absolute Gasteiger partial charge is 0.292 e. The number of nitrogens with zero attached hydrogens (tertiary/aromatic N) is 1. The van der Waals surface area contributed by atoms with Crippen LogP contribution in [0.3, 0.4) is 0 Å². The van der Waals surface area contributed by atoms with Crippen LogP contribution >= 0.6 is 22.9 Å². The summed E-state index contributed by atoms with van der Waals surface area (Å²) >= 11 is 7.18. The molecule has 2 rings (SSSR count). The van der Waals surface area contributed by atoms with Gasteiger partial charge >= 0.3 is 0 Å². The van der Waals surface area contributed by atoms with Crippen molar-refractivity contribution in [2.45, 2.75) is 6.42 Å². The van der Waals surface area contributed by atoms with Gasteiger partial charge < -0.3 is 0 Å². The van der Waals surface area contributed by atoms with Gasteiger partial charge in [0.25, 0.3) is 0 Å². The Morgan fingerprint density at radius 1 is 1.33 bits per heavy atom. The van der Waals surface area contributed by atoms with Gasteiger partial charge in [0.1, 0.15) is 5.69 Å². The number of hydrogen-bond acceptors (Lipinski definition) is 3. The van der Waals surface area contributed by atoms with Gasteiger partial charge in [-0.25, -0.2) is 4.98 Å². The minimum absolute atomic E-state index is 0.0403. The van der Waals surface area contributed by atoms with Crippen molar-refractivity contribution in [3.8, 4) is 0 Å². The van der Waals surface area contributed by atoms with E-state index in [2.05, 4.69) is 4.98 Å². The lowest BCUT2D eigenvalue weighted by atomic mass is 10.1. The van der Waals surface area contributed by atoms with Crippen molar-refractivity contribution >= 4 is 28.7 Å². The first-order chi connectivity index (χ1) is 7.25. The molecular formula is C11H8ClNOS. The van der Waals surface area contributed by atoms with Gasteiger partial charge in [0.05, 0.1) is 5.51 Å². The molecule has 1 aromatic heterocycles. The van der Waals surface area contributed by atoms with E-state index < -0.39 is 0 Å². The van der Waals surface area contributed by atoms with Crippen LogP contribution in [0.4, 0.5) is 0 Å². The zero-order valence-corrected chi connectivity index (χ0v) is 9.39. The molecule has 0 saturated carbocycles. The van der Waals surface area contributed by atoms with Crippen LogP contribution in [-0.4, -0.2) is 10.8 Å². The molecule has 0 saturated heterocycles. The monoisotopic (exact) mass is 237 g/mol. The SMILES string of the molecule is O=C(Cc1ccc(Cl)cc1)c1cscn1. The van der Waals surface area contributed by atoms with Crippen molar-refractivity contribution in [2.24, 2.45) is 0 Å². The number of carbonyl (C=O) groups excluding carboxylic acids is 1. The summed E-state index contributed by atoms with van der Waals surface area (Å²) in [6.07, 6.45) is 0.376. The number of hydrogen-bond donors (Lipinski definition) is 0. The summed E-state index contributed by atoms with van der Waals surface area (Å²) in [4.78, 5) is 15.6. The lowest BCUT2D eigenvalue weighted by Gasteiger charge is -1.98. The van der Waals surface area contributed by atoms with Crippen molar-refractivity contribution in [3.05, 3.63) is 51.4 Å². The van der Waals surface area contributed by atoms with Gasteiger partial charge in [-0.1, -0.05) is 23.7 Å². The summed E-state index contributed by atoms with van der Waals surface area (Å²) < 4.78 is 0. The zero-order valence-electron chi connectivity index (χ0n) is 7.81. The van der Waals surface area contributed by atoms with Gasteiger partial charge in [-0.15, -0.1) is 11.3 Å². The number of aromatic nitrogens is 1. The molecule has 0 spiro atoms. The van der Waals surface area contributed by atoms with E-state index in [1.54, 1.807) is 23.0 Å². The molecule has 4 heteroatoms. The van der Waals surface area contributed by atoms with Gasteiger partial charge in [0.15, 0.2) is 5.78 Å². The molecule has 15 heavy (non-hydrogen) atoms. The Hall–Kier alpha value is -1.19. The fraction of sp³-hybridized carbons (Fsp3) is 0.0909. The van der Waals surface area contributed by atoms with E-state index in [9.17, 15) is 4.79 Å². The quantitative estimate of drug-likeness (QED) is 0.768. The Labute approximate surface area is 96.5 Å². The zero-order chi connectivity index (χ0) is 10.7. The van der Waals surface area contributed by atoms with E-state index >= 15 is 0 Å². The van der Waals surface area contributed by atoms with Crippen molar-refractivity contribution in [1.82, 2.24) is 4.98 Å². The Morgan fingerprint density at radius 3 is 2.67 bits per heavy atom. The lowest BCUT2D eigenvalue weighted by molar-refractivity contribution is 0.0989. The van der Waals surface area contributed by atoms with Gasteiger partial charge in [0, 0.05) is 16.8 Å². The number of halogens is 1. The third-order valence-corrected chi connectivity index (χ3v) is 2.83. The number of benzene rings is 1. The molecule has 0 fully saturated rings. The highest BCUT2D eigenvalue weighted by Gasteiger charge is 2.08. The third kappa shape index (κ3) is 2.64. The molecule has 0 N–H and O–H groups in total. The molecular weight excluding hydrogens is 230 g/mol. The van der Waals surface area contributed by atoms with E-state index in [0.29, 0.717) is 17.1 Å². The molecule has 0 amide bonds. The molecule has 1 aromatic carbocycles. The molecule has 2 nitrogen and oxygen atoms in total. The van der Waals surface area contributed by atoms with Gasteiger partial charge in [-0.2, -0.15) is 0 Å². The van der Waals surface area contributed by atoms with Crippen LogP contribution in [0.25, 0.3) is 0 Å². The van der Waals surface area contributed by atoms with E-state index in [4.69, 9.17) is 11.6 Å². The smallest absolute Gasteiger partial charge is 0.186 e. The summed E-state index contributed by atoms with van der Waals surface area (Å²) in [5.41, 5.74) is 3.15. The Balaban J connectivity index is 2.09. The van der Waals surface area contributed by atoms with E-state index in [-0.39, 0.29) is 5.78 Å². The maximum atomic E-state index is 11.7. The van der Waals surface area contributed by atoms with Crippen LogP contribution in [0.1, 0.15) is 16.1 Å². The van der Waals surface area contributed by atoms with Crippen LogP contribution in [-0.2, 0) is 6.42 Å². The predicted octanol–water partition coefficient (Wildman–Crippen LogP) is 3.22. The van der Waals surface area contributed by atoms with Gasteiger partial charge in [0.2, 0.25) is 0 Å². The second-order valence-electron chi connectivity index (χ2n) is 3.10. The molecule has 76 valence electrons. The summed E-state index contributed by atoms with van der Waals surface area (Å²) in [6, 6.07) is 7.27. The van der Waals surface area contributed by atoms with Crippen LogP contribution in [0, 0.1) is 0 Å². The van der Waals surface area contributed by atoms with E-state index in [0.717, 1.165) is 5.56 Å². The normalized spacial score (nSPS) is 10.2. The number of rotatable bonds is 3. The van der Waals surface area contributed by atoms with Crippen LogP contribution < -0.4 is 0 Å². The van der Waals surface area contributed by atoms with Crippen LogP contribution in [0.15, 0.2) is 35.2 Å². The first kappa shape index (κ1) is 10.3. The minimum Gasteiger partial charge on any atom is -0.292 e. The fourth-order valence-electron chi connectivity index (χ4n) is 1.23. The van der Waals surface area contributed by atoms with Crippen molar-refractivity contribution in [2.75, 3.05) is 0 Å². The lowest BCUT2D eigenvalue weighted by Crippen LogP contribution is -2.03. The van der Waals surface area contributed by atoms with Gasteiger partial charge in [-0.3, -0.25) is 4.79 Å². The minimum atomic E-state index is 0.0403. The molecule has 0 radical (unpaired) electrons. The summed E-state index contributed by atoms with van der Waals surface area (Å²) in [5, 5.41) is 2.44. The Morgan fingerprint density at radius 2 is 2.07 bits per heavy atom. The summed E-state index contributed by atoms with van der Waals surface area (Å²) in [6.45, 7) is 0. The highest BCUT2D eigenvalue weighted by Crippen LogP contribution is 2.12. The second-order valence-corrected chi connectivity index (χ2v) is 4.26. The Kier molecular flexibility index (Phi) is 3.14. The molecule has 1 heterocycles. The van der Waals surface area contributed by atoms with E-state index in [1.807, 2.05) is 12.1 Å². The maximum absolute atomic E-state index is 11.7. The third-order valence-electron chi connectivity index (χ3n) is 2.00. The second kappa shape index (κ2) is 4.55. The number of ketones is 1. The van der Waals surface area contributed by atoms with Crippen LogP contribution in [0.2, 0.25) is 5.02 Å². The summed E-state index contributed by atoms with van der Waals surface area (Å²) in [5.74, 6) is 0.0403. The van der Waals surface area contributed by atoms with Crippen molar-refractivity contribution < 1.29 is 4.79 Å². The molecule has 0 aliphatic heterocycles. The molecule has 0 aliphatic rings. The number of thiazole rings is 1. The number of carbonyl (C=O) groups is 1. The first-order valence-corrected chi connectivity index (χ1v) is 5.73. The van der Waals surface area contributed by atoms with Crippen molar-refractivity contribution in [3.63, 3.8) is 0 Å². The van der Waals surface area contributed by atoms with Gasteiger partial charge in [-0.05, 0) is 17.7 Å². The predicted molar refractivity (Wildman–Crippen MR) is 61.6 cm³/mol. The Bertz CT molecular complexity index is 450. The van der Waals surface area contributed by atoms with E-state index in [1.165, 1.54) is 11.3 Å². The molecule has 0 bridgehead atoms. The average molecular weight is 238 g/mol. The molecule has 0 unspecified atom stereocenters. The highest BCUT2D eigenvalue weighted by molar-refractivity contribution is 7.07. The summed E-state index contributed by atoms with van der Waals surface area (Å²) in [7, 11) is 0. The van der Waals surface area contributed by atoms with Crippen LogP contribution in [0.5, 0.6) is 0 Å². The topological polar surface area (TPSA) is 30.0 Å². The number of Topliss-reactive ketones (excluding diaryl/α,β-unsaturated/α-hetero) is 1. The molecule has 0 atom stereocenters.